The predicted molar refractivity (Wildman–Crippen MR) is 110 cm³/mol. The number of benzene rings is 1. The Labute approximate surface area is 162 Å². The summed E-state index contributed by atoms with van der Waals surface area (Å²) < 4.78 is 0. The van der Waals surface area contributed by atoms with E-state index in [2.05, 4.69) is 52.5 Å². The fourth-order valence-electron chi connectivity index (χ4n) is 3.47. The number of aromatic nitrogens is 1. The van der Waals surface area contributed by atoms with Gasteiger partial charge < -0.3 is 15.1 Å². The second kappa shape index (κ2) is 10.1. The number of anilines is 1. The first-order valence-corrected chi connectivity index (χ1v) is 9.93. The van der Waals surface area contributed by atoms with Crippen molar-refractivity contribution in [2.24, 2.45) is 0 Å². The van der Waals surface area contributed by atoms with Crippen LogP contribution in [0.15, 0.2) is 54.7 Å². The molecule has 1 atom stereocenters. The van der Waals surface area contributed by atoms with Gasteiger partial charge in [0.1, 0.15) is 5.82 Å². The Morgan fingerprint density at radius 3 is 2.48 bits per heavy atom. The van der Waals surface area contributed by atoms with Gasteiger partial charge in [-0.2, -0.15) is 0 Å². The van der Waals surface area contributed by atoms with Crippen molar-refractivity contribution in [3.8, 4) is 0 Å². The van der Waals surface area contributed by atoms with Gasteiger partial charge in [0, 0.05) is 45.3 Å². The van der Waals surface area contributed by atoms with Gasteiger partial charge in [0.25, 0.3) is 0 Å². The molecule has 2 heterocycles. The predicted octanol–water partition coefficient (Wildman–Crippen LogP) is 2.90. The number of nitrogens with zero attached hydrogens (tertiary/aromatic N) is 3. The number of rotatable bonds is 8. The molecule has 3 rings (SSSR count). The molecule has 2 aromatic rings. The van der Waals surface area contributed by atoms with Gasteiger partial charge in [-0.05, 0) is 36.6 Å². The summed E-state index contributed by atoms with van der Waals surface area (Å²) in [4.78, 5) is 21.0. The number of carbonyl (C=O) groups is 1. The van der Waals surface area contributed by atoms with E-state index in [-0.39, 0.29) is 5.91 Å². The number of hydrogen-bond donors (Lipinski definition) is 1. The second-order valence-corrected chi connectivity index (χ2v) is 7.16. The van der Waals surface area contributed by atoms with Crippen LogP contribution in [-0.4, -0.2) is 55.1 Å². The van der Waals surface area contributed by atoms with Crippen LogP contribution in [0.25, 0.3) is 0 Å². The Morgan fingerprint density at radius 2 is 1.78 bits per heavy atom. The zero-order chi connectivity index (χ0) is 18.9. The maximum atomic E-state index is 12.4. The maximum absolute atomic E-state index is 12.4. The molecule has 0 bridgehead atoms. The highest BCUT2D eigenvalue weighted by atomic mass is 16.2. The molecule has 1 fully saturated rings. The Bertz CT molecular complexity index is 684. The molecule has 1 aliphatic heterocycles. The van der Waals surface area contributed by atoms with Crippen LogP contribution < -0.4 is 10.2 Å². The van der Waals surface area contributed by atoms with Crippen molar-refractivity contribution in [1.29, 1.82) is 0 Å². The van der Waals surface area contributed by atoms with E-state index < -0.39 is 0 Å². The van der Waals surface area contributed by atoms with Crippen LogP contribution in [0.2, 0.25) is 0 Å². The lowest BCUT2D eigenvalue weighted by molar-refractivity contribution is -0.131. The third kappa shape index (κ3) is 5.79. The van der Waals surface area contributed by atoms with Crippen LogP contribution in [0.4, 0.5) is 5.82 Å². The van der Waals surface area contributed by atoms with Crippen LogP contribution in [-0.2, 0) is 4.79 Å². The average Bonchev–Trinajstić information content (AvgIpc) is 2.74. The highest BCUT2D eigenvalue weighted by Gasteiger charge is 2.21. The van der Waals surface area contributed by atoms with Crippen molar-refractivity contribution in [3.63, 3.8) is 0 Å². The van der Waals surface area contributed by atoms with E-state index in [9.17, 15) is 4.79 Å². The molecule has 5 nitrogen and oxygen atoms in total. The zero-order valence-electron chi connectivity index (χ0n) is 16.2. The lowest BCUT2D eigenvalue weighted by Crippen LogP contribution is -2.49. The summed E-state index contributed by atoms with van der Waals surface area (Å²) in [5.74, 6) is 1.78. The Hall–Kier alpha value is -2.40. The third-order valence-electron chi connectivity index (χ3n) is 5.24. The highest BCUT2D eigenvalue weighted by molar-refractivity contribution is 5.76. The number of carbonyl (C=O) groups excluding carboxylic acids is 1. The van der Waals surface area contributed by atoms with Crippen LogP contribution in [0.5, 0.6) is 0 Å². The van der Waals surface area contributed by atoms with Gasteiger partial charge in [0.2, 0.25) is 5.91 Å². The van der Waals surface area contributed by atoms with E-state index in [4.69, 9.17) is 0 Å². The quantitative estimate of drug-likeness (QED) is 0.730. The first kappa shape index (κ1) is 19.4. The summed E-state index contributed by atoms with van der Waals surface area (Å²) in [6, 6.07) is 16.5. The lowest BCUT2D eigenvalue weighted by Gasteiger charge is -2.35. The monoisotopic (exact) mass is 366 g/mol. The van der Waals surface area contributed by atoms with Crippen LogP contribution >= 0.6 is 0 Å². The van der Waals surface area contributed by atoms with Gasteiger partial charge >= 0.3 is 0 Å². The van der Waals surface area contributed by atoms with Crippen molar-refractivity contribution in [1.82, 2.24) is 15.2 Å². The van der Waals surface area contributed by atoms with Gasteiger partial charge in [-0.15, -0.1) is 0 Å². The topological polar surface area (TPSA) is 48.5 Å². The van der Waals surface area contributed by atoms with Crippen molar-refractivity contribution < 1.29 is 4.79 Å². The van der Waals surface area contributed by atoms with E-state index in [0.717, 1.165) is 51.5 Å². The molecule has 0 aliphatic carbocycles. The summed E-state index contributed by atoms with van der Waals surface area (Å²) >= 11 is 0. The smallest absolute Gasteiger partial charge is 0.223 e. The molecule has 144 valence electrons. The van der Waals surface area contributed by atoms with Gasteiger partial charge in [0.15, 0.2) is 0 Å². The molecule has 5 heteroatoms. The van der Waals surface area contributed by atoms with Crippen LogP contribution in [0.1, 0.15) is 31.2 Å². The number of pyridine rings is 1. The second-order valence-electron chi connectivity index (χ2n) is 7.16. The normalized spacial score (nSPS) is 15.6. The summed E-state index contributed by atoms with van der Waals surface area (Å²) in [5, 5.41) is 3.42. The Kier molecular flexibility index (Phi) is 7.22. The SMILES string of the molecule is CC(CCNCCC(=O)N1CCN(c2ccccn2)CC1)c1ccccc1. The molecule has 1 aromatic heterocycles. The number of nitrogens with one attached hydrogen (secondary N) is 1. The third-order valence-corrected chi connectivity index (χ3v) is 5.24. The molecule has 0 spiro atoms. The summed E-state index contributed by atoms with van der Waals surface area (Å²) in [6.45, 7) is 7.21. The Morgan fingerprint density at radius 1 is 1.04 bits per heavy atom. The van der Waals surface area contributed by atoms with Crippen LogP contribution in [0, 0.1) is 0 Å². The molecule has 1 aliphatic rings. The van der Waals surface area contributed by atoms with E-state index in [1.807, 2.05) is 29.3 Å². The molecular formula is C22H30N4O. The molecule has 1 amide bonds. The number of piperazine rings is 1. The highest BCUT2D eigenvalue weighted by Crippen LogP contribution is 2.17. The molecule has 0 saturated carbocycles. The summed E-state index contributed by atoms with van der Waals surface area (Å²) in [5.41, 5.74) is 1.38. The number of hydrogen-bond acceptors (Lipinski definition) is 4. The lowest BCUT2D eigenvalue weighted by atomic mass is 9.98. The van der Waals surface area contributed by atoms with Crippen LogP contribution in [0.3, 0.4) is 0 Å². The molecule has 27 heavy (non-hydrogen) atoms. The van der Waals surface area contributed by atoms with Crippen molar-refractivity contribution in [3.05, 3.63) is 60.3 Å². The summed E-state index contributed by atoms with van der Waals surface area (Å²) in [6.07, 6.45) is 3.47. The largest absolute Gasteiger partial charge is 0.353 e. The first-order valence-electron chi connectivity index (χ1n) is 9.93. The van der Waals surface area contributed by atoms with Gasteiger partial charge in [-0.3, -0.25) is 4.79 Å². The number of amides is 1. The van der Waals surface area contributed by atoms with Gasteiger partial charge in [0.05, 0.1) is 0 Å². The average molecular weight is 367 g/mol. The van der Waals surface area contributed by atoms with E-state index >= 15 is 0 Å². The molecule has 1 aromatic carbocycles. The minimum Gasteiger partial charge on any atom is -0.353 e. The molecular weight excluding hydrogens is 336 g/mol. The van der Waals surface area contributed by atoms with E-state index in [1.165, 1.54) is 5.56 Å². The molecule has 1 N–H and O–H groups in total. The molecule has 1 unspecified atom stereocenters. The Balaban J connectivity index is 1.30. The van der Waals surface area contributed by atoms with E-state index in [0.29, 0.717) is 12.3 Å². The minimum atomic E-state index is 0.249. The maximum Gasteiger partial charge on any atom is 0.223 e. The summed E-state index contributed by atoms with van der Waals surface area (Å²) in [7, 11) is 0. The van der Waals surface area contributed by atoms with Crippen molar-refractivity contribution >= 4 is 11.7 Å². The molecule has 1 saturated heterocycles. The molecule has 0 radical (unpaired) electrons. The van der Waals surface area contributed by atoms with Crippen molar-refractivity contribution in [2.75, 3.05) is 44.2 Å². The standard InChI is InChI=1S/C22H30N4O/c1-19(20-7-3-2-4-8-20)10-13-23-14-11-22(27)26-17-15-25(16-18-26)21-9-5-6-12-24-21/h2-9,12,19,23H,10-11,13-18H2,1H3. The first-order chi connectivity index (χ1) is 13.2. The van der Waals surface area contributed by atoms with Gasteiger partial charge in [-0.25, -0.2) is 4.98 Å². The van der Waals surface area contributed by atoms with Gasteiger partial charge in [-0.1, -0.05) is 43.3 Å². The minimum absolute atomic E-state index is 0.249. The fourth-order valence-corrected chi connectivity index (χ4v) is 3.47. The fraction of sp³-hybridized carbons (Fsp3) is 0.455. The van der Waals surface area contributed by atoms with E-state index in [1.54, 1.807) is 0 Å². The van der Waals surface area contributed by atoms with Crippen molar-refractivity contribution in [2.45, 2.75) is 25.7 Å². The zero-order valence-corrected chi connectivity index (χ0v) is 16.2.